The maximum Gasteiger partial charge on any atom is 0.135 e. The minimum Gasteiger partial charge on any atom is -0.456 e. The number of hydrogen-bond acceptors (Lipinski definition) is 1. The Labute approximate surface area is 233 Å². The summed E-state index contributed by atoms with van der Waals surface area (Å²) in [6, 6.07) is 47.4. The van der Waals surface area contributed by atoms with E-state index in [9.17, 15) is 0 Å². The van der Waals surface area contributed by atoms with Crippen molar-refractivity contribution in [3.8, 4) is 27.9 Å². The van der Waals surface area contributed by atoms with Crippen LogP contribution in [0.2, 0.25) is 0 Å². The van der Waals surface area contributed by atoms with Crippen molar-refractivity contribution in [2.45, 2.75) is 0 Å². The zero-order chi connectivity index (χ0) is 25.9. The summed E-state index contributed by atoms with van der Waals surface area (Å²) < 4.78 is 9.47. The lowest BCUT2D eigenvalue weighted by atomic mass is 9.97. The van der Waals surface area contributed by atoms with Gasteiger partial charge in [-0.1, -0.05) is 82.7 Å². The molecule has 0 aliphatic carbocycles. The third-order valence-corrected chi connectivity index (χ3v) is 8.09. The van der Waals surface area contributed by atoms with Gasteiger partial charge in [0.1, 0.15) is 11.2 Å². The lowest BCUT2D eigenvalue weighted by Gasteiger charge is -2.10. The van der Waals surface area contributed by atoms with Crippen molar-refractivity contribution in [3.05, 3.63) is 138 Å². The predicted octanol–water partition coefficient (Wildman–Crippen LogP) is 10.8. The van der Waals surface area contributed by atoms with E-state index in [2.05, 4.69) is 142 Å². The first kappa shape index (κ1) is 22.4. The third kappa shape index (κ3) is 3.62. The lowest BCUT2D eigenvalue weighted by Crippen LogP contribution is -1.92. The van der Waals surface area contributed by atoms with E-state index in [0.29, 0.717) is 0 Å². The molecule has 0 fully saturated rings. The molecule has 8 aromatic rings. The van der Waals surface area contributed by atoms with Crippen LogP contribution in [-0.4, -0.2) is 4.57 Å². The highest BCUT2D eigenvalue weighted by Crippen LogP contribution is 2.38. The molecule has 0 radical (unpaired) electrons. The first-order chi connectivity index (χ1) is 19.2. The normalized spacial score (nSPS) is 11.7. The molecular weight excluding hydrogens is 542 g/mol. The van der Waals surface area contributed by atoms with Gasteiger partial charge in [0.15, 0.2) is 0 Å². The van der Waals surface area contributed by atoms with E-state index in [1.807, 2.05) is 12.1 Å². The van der Waals surface area contributed by atoms with E-state index in [1.165, 1.54) is 49.7 Å². The molecule has 0 spiro atoms. The molecule has 0 amide bonds. The van der Waals surface area contributed by atoms with Gasteiger partial charge in [-0.3, -0.25) is 0 Å². The van der Waals surface area contributed by atoms with Crippen LogP contribution in [0, 0.1) is 0 Å². The molecule has 3 heteroatoms. The lowest BCUT2D eigenvalue weighted by molar-refractivity contribution is 0.669. The van der Waals surface area contributed by atoms with Gasteiger partial charge in [0.05, 0.1) is 11.0 Å². The Balaban J connectivity index is 1.30. The first-order valence-electron chi connectivity index (χ1n) is 13.0. The zero-order valence-corrected chi connectivity index (χ0v) is 22.5. The summed E-state index contributed by atoms with van der Waals surface area (Å²) in [6.45, 7) is 0. The van der Waals surface area contributed by atoms with E-state index in [-0.39, 0.29) is 0 Å². The molecule has 0 saturated carbocycles. The Bertz CT molecular complexity index is 2190. The molecule has 8 rings (SSSR count). The molecule has 6 aromatic carbocycles. The maximum absolute atomic E-state index is 6.06. The van der Waals surface area contributed by atoms with Crippen molar-refractivity contribution >= 4 is 59.7 Å². The molecule has 2 nitrogen and oxygen atoms in total. The van der Waals surface area contributed by atoms with Crippen LogP contribution in [0.25, 0.3) is 71.7 Å². The quantitative estimate of drug-likeness (QED) is 0.209. The molecule has 0 aliphatic rings. The second-order valence-corrected chi connectivity index (χ2v) is 10.9. The van der Waals surface area contributed by atoms with Crippen molar-refractivity contribution in [1.82, 2.24) is 4.57 Å². The molecule has 0 aliphatic heterocycles. The Morgan fingerprint density at radius 2 is 1.05 bits per heavy atom. The van der Waals surface area contributed by atoms with Gasteiger partial charge in [-0.2, -0.15) is 0 Å². The number of para-hydroxylation sites is 3. The number of hydrogen-bond donors (Lipinski definition) is 0. The Hall–Kier alpha value is -4.60. The smallest absolute Gasteiger partial charge is 0.135 e. The third-order valence-electron chi connectivity index (χ3n) is 7.63. The van der Waals surface area contributed by atoms with Gasteiger partial charge < -0.3 is 8.98 Å². The molecular formula is C36H22BrNO. The van der Waals surface area contributed by atoms with Gasteiger partial charge in [-0.05, 0) is 89.0 Å². The number of furan rings is 1. The van der Waals surface area contributed by atoms with Crippen LogP contribution in [0.3, 0.4) is 0 Å². The van der Waals surface area contributed by atoms with E-state index in [1.54, 1.807) is 0 Å². The molecule has 0 bridgehead atoms. The van der Waals surface area contributed by atoms with Crippen LogP contribution in [-0.2, 0) is 0 Å². The standard InChI is InChI=1S/C36H22BrNO/c37-27-19-25(18-26(20-27)24-15-17-36-32(22-24)30-11-5-7-13-35(30)39-36)23-14-16-34-31(21-23)29-10-4-6-12-33(29)38(34)28-8-2-1-3-9-28/h1-22H. The van der Waals surface area contributed by atoms with Crippen molar-refractivity contribution < 1.29 is 4.42 Å². The van der Waals surface area contributed by atoms with Gasteiger partial charge in [-0.25, -0.2) is 0 Å². The summed E-state index contributed by atoms with van der Waals surface area (Å²) in [5, 5.41) is 4.79. The fraction of sp³-hybridized carbons (Fsp3) is 0. The average molecular weight is 564 g/mol. The molecule has 0 atom stereocenters. The Kier molecular flexibility index (Phi) is 5.01. The van der Waals surface area contributed by atoms with Gasteiger partial charge in [0.25, 0.3) is 0 Å². The SMILES string of the molecule is Brc1cc(-c2ccc3oc4ccccc4c3c2)cc(-c2ccc3c(c2)c2ccccc2n3-c2ccccc2)c1. The monoisotopic (exact) mass is 563 g/mol. The van der Waals surface area contributed by atoms with Crippen molar-refractivity contribution in [2.24, 2.45) is 0 Å². The van der Waals surface area contributed by atoms with Crippen LogP contribution < -0.4 is 0 Å². The summed E-state index contributed by atoms with van der Waals surface area (Å²) >= 11 is 3.79. The molecule has 0 saturated heterocycles. The number of rotatable bonds is 3. The Morgan fingerprint density at radius 1 is 0.436 bits per heavy atom. The summed E-state index contributed by atoms with van der Waals surface area (Å²) in [6.07, 6.45) is 0. The molecule has 2 heterocycles. The summed E-state index contributed by atoms with van der Waals surface area (Å²) in [4.78, 5) is 0. The van der Waals surface area contributed by atoms with Crippen LogP contribution in [0.1, 0.15) is 0 Å². The fourth-order valence-corrected chi connectivity index (χ4v) is 6.33. The number of benzene rings is 6. The van der Waals surface area contributed by atoms with Crippen molar-refractivity contribution in [3.63, 3.8) is 0 Å². The topological polar surface area (TPSA) is 18.1 Å². The summed E-state index contributed by atoms with van der Waals surface area (Å²) in [5.41, 5.74) is 10.1. The second kappa shape index (κ2) is 8.72. The number of halogens is 1. The minimum atomic E-state index is 0.912. The van der Waals surface area contributed by atoms with E-state index in [4.69, 9.17) is 4.42 Å². The summed E-state index contributed by atoms with van der Waals surface area (Å²) in [5.74, 6) is 0. The van der Waals surface area contributed by atoms with Crippen LogP contribution >= 0.6 is 15.9 Å². The number of nitrogens with zero attached hydrogens (tertiary/aromatic N) is 1. The summed E-state index contributed by atoms with van der Waals surface area (Å²) in [7, 11) is 0. The van der Waals surface area contributed by atoms with Crippen LogP contribution in [0.5, 0.6) is 0 Å². The van der Waals surface area contributed by atoms with Gasteiger partial charge in [0, 0.05) is 31.7 Å². The predicted molar refractivity (Wildman–Crippen MR) is 167 cm³/mol. The van der Waals surface area contributed by atoms with Crippen molar-refractivity contribution in [1.29, 1.82) is 0 Å². The minimum absolute atomic E-state index is 0.912. The Morgan fingerprint density at radius 3 is 1.87 bits per heavy atom. The molecule has 39 heavy (non-hydrogen) atoms. The van der Waals surface area contributed by atoms with Crippen LogP contribution in [0.4, 0.5) is 0 Å². The van der Waals surface area contributed by atoms with Gasteiger partial charge in [-0.15, -0.1) is 0 Å². The molecule has 184 valence electrons. The number of aromatic nitrogens is 1. The second-order valence-electron chi connectivity index (χ2n) is 9.96. The van der Waals surface area contributed by atoms with Gasteiger partial charge in [0.2, 0.25) is 0 Å². The highest BCUT2D eigenvalue weighted by atomic mass is 79.9. The van der Waals surface area contributed by atoms with E-state index in [0.717, 1.165) is 26.4 Å². The van der Waals surface area contributed by atoms with Crippen molar-refractivity contribution in [2.75, 3.05) is 0 Å². The average Bonchev–Trinajstić information content (AvgIpc) is 3.52. The zero-order valence-electron chi connectivity index (χ0n) is 20.9. The van der Waals surface area contributed by atoms with Crippen LogP contribution in [0.15, 0.2) is 142 Å². The molecule has 0 unspecified atom stereocenters. The number of fused-ring (bicyclic) bond motifs is 6. The molecule has 2 aromatic heterocycles. The maximum atomic E-state index is 6.06. The van der Waals surface area contributed by atoms with Gasteiger partial charge >= 0.3 is 0 Å². The van der Waals surface area contributed by atoms with E-state index >= 15 is 0 Å². The first-order valence-corrected chi connectivity index (χ1v) is 13.8. The molecule has 0 N–H and O–H groups in total. The van der Waals surface area contributed by atoms with E-state index < -0.39 is 0 Å². The highest BCUT2D eigenvalue weighted by Gasteiger charge is 2.14. The largest absolute Gasteiger partial charge is 0.456 e. The fourth-order valence-electron chi connectivity index (χ4n) is 5.84. The highest BCUT2D eigenvalue weighted by molar-refractivity contribution is 9.10.